The zero-order chi connectivity index (χ0) is 28.1. The van der Waals surface area contributed by atoms with Crippen LogP contribution in [0.5, 0.6) is 17.5 Å². The molecule has 0 fully saturated rings. The summed E-state index contributed by atoms with van der Waals surface area (Å²) in [4.78, 5) is 21.5. The van der Waals surface area contributed by atoms with Crippen LogP contribution in [-0.4, -0.2) is 41.2 Å². The smallest absolute Gasteiger partial charge is 0.322 e. The molecule has 4 heterocycles. The minimum Gasteiger partial charge on any atom is -0.496 e. The highest BCUT2D eigenvalue weighted by Gasteiger charge is 2.26. The molecule has 0 bridgehead atoms. The third-order valence-corrected chi connectivity index (χ3v) is 6.78. The van der Waals surface area contributed by atoms with Gasteiger partial charge in [0.1, 0.15) is 23.5 Å². The number of aryl methyl sites for hydroxylation is 3. The van der Waals surface area contributed by atoms with Crippen LogP contribution < -0.4 is 15.2 Å². The molecule has 10 nitrogen and oxygen atoms in total. The number of ether oxygens (including phenoxy) is 2. The average molecular weight is 535 g/mol. The lowest BCUT2D eigenvalue weighted by Crippen LogP contribution is -1.98. The van der Waals surface area contributed by atoms with Crippen LogP contribution in [0.2, 0.25) is 0 Å². The van der Waals surface area contributed by atoms with Crippen molar-refractivity contribution in [2.45, 2.75) is 6.92 Å². The van der Waals surface area contributed by atoms with Gasteiger partial charge in [0.2, 0.25) is 0 Å². The van der Waals surface area contributed by atoms with E-state index in [1.54, 1.807) is 32.4 Å². The Kier molecular flexibility index (Phi) is 5.80. The Morgan fingerprint density at radius 3 is 2.55 bits per heavy atom. The standard InChI is InChI=1S/C29H23FN8O2/c1-6-23-36-19-12-17(22(39-5)13-20(19)37(23)3)26-24(25-27(31)33-14-34-28(25)38(26)4)16-7-8-21(18(30)11-16)40-29-32-10-9-15(2)35-29/h1,7-14H,2-5H3,(H2,31,33,34). The largest absolute Gasteiger partial charge is 0.496 e. The first-order chi connectivity index (χ1) is 19.3. The Bertz CT molecular complexity index is 2000. The Balaban J connectivity index is 1.60. The second kappa shape index (κ2) is 9.36. The molecule has 0 amide bonds. The van der Waals surface area contributed by atoms with E-state index in [0.717, 1.165) is 5.52 Å². The summed E-state index contributed by atoms with van der Waals surface area (Å²) in [7, 11) is 5.28. The van der Waals surface area contributed by atoms with E-state index < -0.39 is 5.82 Å². The lowest BCUT2D eigenvalue weighted by atomic mass is 9.97. The third-order valence-electron chi connectivity index (χ3n) is 6.78. The van der Waals surface area contributed by atoms with Crippen LogP contribution in [0.15, 0.2) is 48.9 Å². The highest BCUT2D eigenvalue weighted by molar-refractivity contribution is 6.09. The Labute approximate surface area is 228 Å². The molecule has 6 aromatic rings. The molecular formula is C29H23FN8O2. The summed E-state index contributed by atoms with van der Waals surface area (Å²) in [5, 5.41) is 0.572. The molecule has 6 rings (SSSR count). The van der Waals surface area contributed by atoms with Gasteiger partial charge in [-0.05, 0) is 42.7 Å². The van der Waals surface area contributed by atoms with E-state index in [2.05, 4.69) is 30.8 Å². The summed E-state index contributed by atoms with van der Waals surface area (Å²) >= 11 is 0. The van der Waals surface area contributed by atoms with Crippen LogP contribution in [-0.2, 0) is 14.1 Å². The summed E-state index contributed by atoms with van der Waals surface area (Å²) in [6.07, 6.45) is 8.60. The molecule has 0 atom stereocenters. The van der Waals surface area contributed by atoms with Gasteiger partial charge in [0, 0.05) is 43.2 Å². The number of aromatic nitrogens is 7. The zero-order valence-electron chi connectivity index (χ0n) is 22.1. The van der Waals surface area contributed by atoms with Crippen molar-refractivity contribution in [1.82, 2.24) is 34.1 Å². The number of nitrogen functional groups attached to an aromatic ring is 1. The minimum absolute atomic E-state index is 0.0188. The monoisotopic (exact) mass is 534 g/mol. The normalized spacial score (nSPS) is 11.2. The first-order valence-electron chi connectivity index (χ1n) is 12.2. The molecule has 2 N–H and O–H groups in total. The SMILES string of the molecule is C#Cc1nc2cc(-c3c(-c4ccc(Oc5nccc(C)n5)c(F)c4)c4c(N)ncnc4n3C)c(OC)cc2n1C. The van der Waals surface area contributed by atoms with Gasteiger partial charge in [0.15, 0.2) is 17.4 Å². The number of terminal acetylenes is 1. The fraction of sp³-hybridized carbons (Fsp3) is 0.138. The summed E-state index contributed by atoms with van der Waals surface area (Å²) in [6.45, 7) is 1.80. The Morgan fingerprint density at radius 1 is 1.00 bits per heavy atom. The molecule has 40 heavy (non-hydrogen) atoms. The maximum atomic E-state index is 15.5. The number of rotatable bonds is 5. The number of fused-ring (bicyclic) bond motifs is 2. The van der Waals surface area contributed by atoms with Crippen molar-refractivity contribution in [3.63, 3.8) is 0 Å². The summed E-state index contributed by atoms with van der Waals surface area (Å²) < 4.78 is 30.6. The van der Waals surface area contributed by atoms with Crippen molar-refractivity contribution >= 4 is 27.9 Å². The maximum absolute atomic E-state index is 15.5. The molecule has 0 aliphatic heterocycles. The van der Waals surface area contributed by atoms with E-state index in [4.69, 9.17) is 21.6 Å². The van der Waals surface area contributed by atoms with Crippen molar-refractivity contribution in [1.29, 1.82) is 0 Å². The van der Waals surface area contributed by atoms with Crippen molar-refractivity contribution in [3.8, 4) is 52.2 Å². The van der Waals surface area contributed by atoms with E-state index in [0.29, 0.717) is 56.2 Å². The van der Waals surface area contributed by atoms with Crippen molar-refractivity contribution in [2.75, 3.05) is 12.8 Å². The molecule has 198 valence electrons. The van der Waals surface area contributed by atoms with Crippen LogP contribution in [0.4, 0.5) is 10.2 Å². The van der Waals surface area contributed by atoms with E-state index >= 15 is 4.39 Å². The lowest BCUT2D eigenvalue weighted by molar-refractivity contribution is 0.410. The predicted molar refractivity (Wildman–Crippen MR) is 149 cm³/mol. The second-order valence-corrected chi connectivity index (χ2v) is 9.15. The Hall–Kier alpha value is -5.50. The van der Waals surface area contributed by atoms with E-state index in [1.165, 1.54) is 18.5 Å². The molecule has 2 aromatic carbocycles. The Morgan fingerprint density at radius 2 is 1.82 bits per heavy atom. The van der Waals surface area contributed by atoms with Crippen molar-refractivity contribution in [3.05, 3.63) is 66.3 Å². The van der Waals surface area contributed by atoms with Gasteiger partial charge in [0.05, 0.1) is 29.2 Å². The first kappa shape index (κ1) is 24.8. The van der Waals surface area contributed by atoms with Crippen molar-refractivity contribution in [2.24, 2.45) is 14.1 Å². The molecule has 0 saturated heterocycles. The highest BCUT2D eigenvalue weighted by atomic mass is 19.1. The quantitative estimate of drug-likeness (QED) is 0.314. The van der Waals surface area contributed by atoms with Gasteiger partial charge in [-0.15, -0.1) is 6.42 Å². The van der Waals surface area contributed by atoms with Crippen LogP contribution in [0, 0.1) is 25.1 Å². The average Bonchev–Trinajstić information content (AvgIpc) is 3.42. The predicted octanol–water partition coefficient (Wildman–Crippen LogP) is 4.79. The maximum Gasteiger partial charge on any atom is 0.322 e. The van der Waals surface area contributed by atoms with Crippen LogP contribution in [0.1, 0.15) is 11.5 Å². The van der Waals surface area contributed by atoms with Gasteiger partial charge in [-0.1, -0.05) is 6.07 Å². The van der Waals surface area contributed by atoms with Gasteiger partial charge in [-0.25, -0.2) is 29.3 Å². The van der Waals surface area contributed by atoms with Gasteiger partial charge in [-0.3, -0.25) is 0 Å². The van der Waals surface area contributed by atoms with Gasteiger partial charge in [-0.2, -0.15) is 0 Å². The number of benzene rings is 2. The molecule has 4 aromatic heterocycles. The highest BCUT2D eigenvalue weighted by Crippen LogP contribution is 2.46. The summed E-state index contributed by atoms with van der Waals surface area (Å²) in [6, 6.07) is 10.2. The fourth-order valence-corrected chi connectivity index (χ4v) is 4.89. The van der Waals surface area contributed by atoms with Gasteiger partial charge >= 0.3 is 6.01 Å². The van der Waals surface area contributed by atoms with Gasteiger partial charge < -0.3 is 24.3 Å². The number of nitrogens with zero attached hydrogens (tertiary/aromatic N) is 7. The number of hydrogen-bond donors (Lipinski definition) is 1. The topological polar surface area (TPSA) is 119 Å². The molecule has 0 aliphatic rings. The molecule has 0 unspecified atom stereocenters. The number of hydrogen-bond acceptors (Lipinski definition) is 8. The van der Waals surface area contributed by atoms with E-state index in [-0.39, 0.29) is 17.6 Å². The number of methoxy groups -OCH3 is 1. The fourth-order valence-electron chi connectivity index (χ4n) is 4.89. The minimum atomic E-state index is -0.605. The molecule has 0 spiro atoms. The molecule has 11 heteroatoms. The first-order valence-corrected chi connectivity index (χ1v) is 12.2. The number of halogens is 1. The number of anilines is 1. The molecule has 0 radical (unpaired) electrons. The van der Waals surface area contributed by atoms with Crippen molar-refractivity contribution < 1.29 is 13.9 Å². The number of imidazole rings is 1. The zero-order valence-corrected chi connectivity index (χ0v) is 22.1. The van der Waals surface area contributed by atoms with Crippen LogP contribution in [0.3, 0.4) is 0 Å². The molecule has 0 aliphatic carbocycles. The third kappa shape index (κ3) is 3.85. The number of nitrogens with two attached hydrogens (primary N) is 1. The summed E-state index contributed by atoms with van der Waals surface area (Å²) in [5.74, 6) is 3.28. The van der Waals surface area contributed by atoms with Crippen LogP contribution >= 0.6 is 0 Å². The van der Waals surface area contributed by atoms with Crippen LogP contribution in [0.25, 0.3) is 44.5 Å². The molecule has 0 saturated carbocycles. The summed E-state index contributed by atoms with van der Waals surface area (Å²) in [5.41, 5.74) is 11.7. The second-order valence-electron chi connectivity index (χ2n) is 9.15. The molecular weight excluding hydrogens is 511 g/mol. The lowest BCUT2D eigenvalue weighted by Gasteiger charge is -2.14. The van der Waals surface area contributed by atoms with E-state index in [9.17, 15) is 0 Å². The van der Waals surface area contributed by atoms with Gasteiger partial charge in [0.25, 0.3) is 0 Å². The van der Waals surface area contributed by atoms with E-state index in [1.807, 2.05) is 35.4 Å².